The molecule has 0 aromatic rings. The molecule has 0 aromatic heterocycles. The van der Waals surface area contributed by atoms with E-state index in [1.54, 1.807) is 13.8 Å². The van der Waals surface area contributed by atoms with Crippen molar-refractivity contribution in [2.45, 2.75) is 25.5 Å². The number of esters is 2. The van der Waals surface area contributed by atoms with Gasteiger partial charge in [-0.15, -0.1) is 0 Å². The van der Waals surface area contributed by atoms with Crippen molar-refractivity contribution in [1.29, 1.82) is 0 Å². The molecule has 0 saturated heterocycles. The monoisotopic (exact) mass is 314 g/mol. The lowest BCUT2D eigenvalue weighted by Crippen LogP contribution is -2.24. The van der Waals surface area contributed by atoms with Gasteiger partial charge in [0.2, 0.25) is 0 Å². The van der Waals surface area contributed by atoms with E-state index in [4.69, 9.17) is 19.1 Å². The van der Waals surface area contributed by atoms with Crippen LogP contribution in [0.2, 0.25) is 0 Å². The van der Waals surface area contributed by atoms with Gasteiger partial charge < -0.3 is 19.1 Å². The minimum absolute atomic E-state index is 0.134. The summed E-state index contributed by atoms with van der Waals surface area (Å²) in [4.78, 5) is 23.1. The maximum absolute atomic E-state index is 11.9. The zero-order valence-electron chi connectivity index (χ0n) is 11.2. The Hall–Kier alpha value is -0.560. The first-order valence-corrected chi connectivity index (χ1v) is 8.98. The molecule has 2 unspecified atom stereocenters. The normalized spacial score (nSPS) is 15.4. The van der Waals surface area contributed by atoms with Crippen LogP contribution in [0.4, 0.5) is 0 Å². The van der Waals surface area contributed by atoms with Gasteiger partial charge in [0.1, 0.15) is 11.6 Å². The number of ether oxygens (including phenoxy) is 2. The molecular weight excluding hydrogens is 295 g/mol. The first-order valence-electron chi connectivity index (χ1n) is 5.68. The maximum Gasteiger partial charge on any atom is 0.320 e. The number of rotatable bonds is 9. The Kier molecular flexibility index (Phi) is 9.08. The quantitative estimate of drug-likeness (QED) is 0.503. The van der Waals surface area contributed by atoms with Crippen molar-refractivity contribution in [3.63, 3.8) is 0 Å². The highest BCUT2D eigenvalue weighted by atomic mass is 32.7. The molecule has 1 N–H and O–H groups in total. The second kappa shape index (κ2) is 9.36. The Morgan fingerprint density at radius 2 is 1.84 bits per heavy atom. The SMILES string of the molecule is CCOC(=O)CC(SP(=O)(CO)OC)C(=O)OCC. The van der Waals surface area contributed by atoms with Crippen LogP contribution in [0.5, 0.6) is 0 Å². The molecule has 0 amide bonds. The van der Waals surface area contributed by atoms with E-state index in [2.05, 4.69) is 0 Å². The number of hydrogen-bond acceptors (Lipinski definition) is 8. The minimum atomic E-state index is -3.43. The molecule has 0 radical (unpaired) electrons. The van der Waals surface area contributed by atoms with Crippen LogP contribution < -0.4 is 0 Å². The Labute approximate surface area is 116 Å². The standard InChI is InChI=1S/C10H19O7PS/c1-4-16-9(12)6-8(10(13)17-5-2)19-18(14,7-11)15-3/h8,11H,4-7H2,1-3H3. The molecule has 0 saturated carbocycles. The summed E-state index contributed by atoms with van der Waals surface area (Å²) in [6.45, 7) is 0.143. The third kappa shape index (κ3) is 6.96. The summed E-state index contributed by atoms with van der Waals surface area (Å²) < 4.78 is 26.2. The molecule has 19 heavy (non-hydrogen) atoms. The van der Waals surface area contributed by atoms with Gasteiger partial charge in [-0.05, 0) is 13.8 Å². The highest BCUT2D eigenvalue weighted by molar-refractivity contribution is 8.57. The van der Waals surface area contributed by atoms with Crippen molar-refractivity contribution < 1.29 is 33.3 Å². The molecule has 0 bridgehead atoms. The highest BCUT2D eigenvalue weighted by Crippen LogP contribution is 2.60. The molecule has 0 aliphatic rings. The lowest BCUT2D eigenvalue weighted by molar-refractivity contribution is -0.149. The molecule has 0 fully saturated rings. The molecule has 0 rings (SSSR count). The first kappa shape index (κ1) is 18.4. The molecule has 0 aliphatic heterocycles. The molecule has 0 aromatic carbocycles. The van der Waals surface area contributed by atoms with Gasteiger partial charge >= 0.3 is 11.9 Å². The average molecular weight is 314 g/mol. The van der Waals surface area contributed by atoms with Crippen LogP contribution in [0.1, 0.15) is 20.3 Å². The van der Waals surface area contributed by atoms with Crippen molar-refractivity contribution in [2.75, 3.05) is 26.7 Å². The third-order valence-electron chi connectivity index (χ3n) is 1.95. The summed E-state index contributed by atoms with van der Waals surface area (Å²) >= 11 is 0.602. The lowest BCUT2D eigenvalue weighted by Gasteiger charge is -2.19. The first-order chi connectivity index (χ1) is 8.92. The topological polar surface area (TPSA) is 99.1 Å². The van der Waals surface area contributed by atoms with Gasteiger partial charge in [0.05, 0.1) is 19.6 Å². The zero-order valence-corrected chi connectivity index (χ0v) is 12.9. The molecule has 2 atom stereocenters. The molecule has 0 aliphatic carbocycles. The predicted octanol–water partition coefficient (Wildman–Crippen LogP) is 1.39. The summed E-state index contributed by atoms with van der Waals surface area (Å²) in [5, 5.41) is 7.98. The van der Waals surface area contributed by atoms with Gasteiger partial charge in [-0.2, -0.15) is 0 Å². The smallest absolute Gasteiger partial charge is 0.320 e. The van der Waals surface area contributed by atoms with Crippen LogP contribution in [0.15, 0.2) is 0 Å². The minimum Gasteiger partial charge on any atom is -0.466 e. The van der Waals surface area contributed by atoms with Crippen LogP contribution in [-0.2, 0) is 28.2 Å². The maximum atomic E-state index is 11.9. The largest absolute Gasteiger partial charge is 0.466 e. The van der Waals surface area contributed by atoms with Gasteiger partial charge in [-0.1, -0.05) is 11.4 Å². The van der Waals surface area contributed by atoms with Crippen LogP contribution >= 0.6 is 18.0 Å². The van der Waals surface area contributed by atoms with Crippen molar-refractivity contribution in [3.8, 4) is 0 Å². The number of aliphatic hydroxyl groups excluding tert-OH is 1. The number of hydrogen-bond donors (Lipinski definition) is 1. The van der Waals surface area contributed by atoms with Crippen molar-refractivity contribution >= 4 is 29.9 Å². The van der Waals surface area contributed by atoms with Crippen LogP contribution in [-0.4, -0.2) is 49.0 Å². The lowest BCUT2D eigenvalue weighted by atomic mass is 10.3. The second-order valence-electron chi connectivity index (χ2n) is 3.29. The molecule has 9 heteroatoms. The van der Waals surface area contributed by atoms with Crippen molar-refractivity contribution in [3.05, 3.63) is 0 Å². The number of aliphatic hydroxyl groups is 1. The molecule has 0 heterocycles. The summed E-state index contributed by atoms with van der Waals surface area (Å²) in [6, 6.07) is 0. The van der Waals surface area contributed by atoms with Gasteiger partial charge in [-0.3, -0.25) is 14.2 Å². The molecule has 7 nitrogen and oxygen atoms in total. The fourth-order valence-electron chi connectivity index (χ4n) is 1.10. The van der Waals surface area contributed by atoms with Crippen LogP contribution in [0.25, 0.3) is 0 Å². The van der Waals surface area contributed by atoms with Gasteiger partial charge in [-0.25, -0.2) is 0 Å². The summed E-state index contributed by atoms with van der Waals surface area (Å²) in [5.41, 5.74) is 0. The Balaban J connectivity index is 4.81. The van der Waals surface area contributed by atoms with Crippen molar-refractivity contribution in [1.82, 2.24) is 0 Å². The Morgan fingerprint density at radius 1 is 1.26 bits per heavy atom. The van der Waals surface area contributed by atoms with Crippen molar-refractivity contribution in [2.24, 2.45) is 0 Å². The van der Waals surface area contributed by atoms with Gasteiger partial charge in [0, 0.05) is 7.11 Å². The van der Waals surface area contributed by atoms with E-state index in [-0.39, 0.29) is 19.6 Å². The van der Waals surface area contributed by atoms with E-state index in [1.165, 1.54) is 0 Å². The average Bonchev–Trinajstić information content (AvgIpc) is 2.38. The Morgan fingerprint density at radius 3 is 2.26 bits per heavy atom. The van der Waals surface area contributed by atoms with E-state index in [9.17, 15) is 14.2 Å². The van der Waals surface area contributed by atoms with E-state index in [0.717, 1.165) is 7.11 Å². The Bertz CT molecular complexity index is 339. The van der Waals surface area contributed by atoms with E-state index in [0.29, 0.717) is 11.4 Å². The highest BCUT2D eigenvalue weighted by Gasteiger charge is 2.34. The summed E-state index contributed by atoms with van der Waals surface area (Å²) in [5.74, 6) is -1.29. The van der Waals surface area contributed by atoms with Gasteiger partial charge in [0.25, 0.3) is 6.57 Å². The van der Waals surface area contributed by atoms with E-state index < -0.39 is 30.1 Å². The fourth-order valence-corrected chi connectivity index (χ4v) is 4.22. The zero-order chi connectivity index (χ0) is 14.9. The van der Waals surface area contributed by atoms with E-state index in [1.807, 2.05) is 0 Å². The number of carbonyl (C=O) groups is 2. The second-order valence-corrected chi connectivity index (χ2v) is 8.24. The van der Waals surface area contributed by atoms with E-state index >= 15 is 0 Å². The third-order valence-corrected chi connectivity index (χ3v) is 6.30. The molecule has 0 spiro atoms. The fraction of sp³-hybridized carbons (Fsp3) is 0.800. The predicted molar refractivity (Wildman–Crippen MR) is 71.0 cm³/mol. The van der Waals surface area contributed by atoms with Crippen LogP contribution in [0.3, 0.4) is 0 Å². The van der Waals surface area contributed by atoms with Crippen LogP contribution in [0, 0.1) is 0 Å². The number of carbonyl (C=O) groups excluding carboxylic acids is 2. The summed E-state index contributed by atoms with van der Waals surface area (Å²) in [7, 11) is 1.16. The molecule has 112 valence electrons. The summed E-state index contributed by atoms with van der Waals surface area (Å²) in [6.07, 6.45) is -1.02. The van der Waals surface area contributed by atoms with Gasteiger partial charge in [0.15, 0.2) is 0 Å². The molecular formula is C10H19O7PS.